The summed E-state index contributed by atoms with van der Waals surface area (Å²) in [6.07, 6.45) is 0.771. The van der Waals surface area contributed by atoms with Gasteiger partial charge in [0.15, 0.2) is 0 Å². The van der Waals surface area contributed by atoms with Crippen LogP contribution in [0.3, 0.4) is 0 Å². The van der Waals surface area contributed by atoms with Crippen molar-refractivity contribution in [3.05, 3.63) is 53.6 Å². The number of amides is 1. The Labute approximate surface area is 190 Å². The Morgan fingerprint density at radius 2 is 1.88 bits per heavy atom. The molecular formula is C21H21ClN4O5S. The molecule has 9 nitrogen and oxygen atoms in total. The smallest absolute Gasteiger partial charge is 0.322 e. The molecule has 1 amide bonds. The van der Waals surface area contributed by atoms with Crippen molar-refractivity contribution in [1.29, 1.82) is 0 Å². The molecule has 1 aliphatic rings. The van der Waals surface area contributed by atoms with Gasteiger partial charge in [-0.05, 0) is 55.3 Å². The highest BCUT2D eigenvalue weighted by molar-refractivity contribution is 7.89. The number of carbonyl (C=O) groups excluding carboxylic acids is 1. The van der Waals surface area contributed by atoms with Gasteiger partial charge in [-0.2, -0.15) is 4.31 Å². The molecular weight excluding hydrogens is 456 g/mol. The number of ether oxygens (including phenoxy) is 1. The zero-order valence-corrected chi connectivity index (χ0v) is 18.8. The number of hydrogen-bond acceptors (Lipinski definition) is 7. The Balaban J connectivity index is 1.35. The van der Waals surface area contributed by atoms with Gasteiger partial charge in [-0.1, -0.05) is 22.8 Å². The fourth-order valence-electron chi connectivity index (χ4n) is 3.47. The average Bonchev–Trinajstić information content (AvgIpc) is 3.27. The minimum absolute atomic E-state index is 0.0155. The lowest BCUT2D eigenvalue weighted by molar-refractivity contribution is -0.121. The number of sulfonamides is 1. The van der Waals surface area contributed by atoms with Crippen LogP contribution in [0.25, 0.3) is 11.5 Å². The highest BCUT2D eigenvalue weighted by atomic mass is 35.5. The standard InChI is InChI=1S/C21H21ClN4O5S/c1-30-17-5-7-18(8-6-17)32(28,29)26-11-9-14(10-12-26)19(27)23-21-25-24-20(31-21)15-3-2-4-16(22)13-15/h2-8,13-14H,9-12H2,1H3,(H,23,25,27). The third kappa shape index (κ3) is 4.77. The first-order valence-electron chi connectivity index (χ1n) is 9.91. The second kappa shape index (κ2) is 9.27. The lowest BCUT2D eigenvalue weighted by Crippen LogP contribution is -2.41. The number of nitrogens with one attached hydrogen (secondary N) is 1. The summed E-state index contributed by atoms with van der Waals surface area (Å²) in [4.78, 5) is 12.8. The Bertz CT molecular complexity index is 1200. The fourth-order valence-corrected chi connectivity index (χ4v) is 5.13. The number of benzene rings is 2. The first kappa shape index (κ1) is 22.3. The molecule has 0 saturated carbocycles. The summed E-state index contributed by atoms with van der Waals surface area (Å²) in [5.74, 6) is 0.175. The molecule has 1 fully saturated rings. The van der Waals surface area contributed by atoms with Crippen LogP contribution in [0.15, 0.2) is 57.8 Å². The molecule has 0 aliphatic carbocycles. The van der Waals surface area contributed by atoms with Gasteiger partial charge in [0.25, 0.3) is 0 Å². The summed E-state index contributed by atoms with van der Waals surface area (Å²) >= 11 is 5.97. The molecule has 11 heteroatoms. The molecule has 2 heterocycles. The van der Waals surface area contributed by atoms with Gasteiger partial charge in [-0.3, -0.25) is 10.1 Å². The van der Waals surface area contributed by atoms with Gasteiger partial charge in [-0.25, -0.2) is 8.42 Å². The van der Waals surface area contributed by atoms with Crippen molar-refractivity contribution in [2.45, 2.75) is 17.7 Å². The van der Waals surface area contributed by atoms with Crippen LogP contribution in [-0.4, -0.2) is 49.0 Å². The summed E-state index contributed by atoms with van der Waals surface area (Å²) in [6, 6.07) is 13.2. The number of carbonyl (C=O) groups is 1. The Morgan fingerprint density at radius 1 is 1.16 bits per heavy atom. The van der Waals surface area contributed by atoms with Crippen LogP contribution >= 0.6 is 11.6 Å². The van der Waals surface area contributed by atoms with Gasteiger partial charge in [0, 0.05) is 29.6 Å². The summed E-state index contributed by atoms with van der Waals surface area (Å²) in [5.41, 5.74) is 0.641. The van der Waals surface area contributed by atoms with E-state index in [4.69, 9.17) is 20.8 Å². The second-order valence-electron chi connectivity index (χ2n) is 7.27. The van der Waals surface area contributed by atoms with E-state index < -0.39 is 10.0 Å². The van der Waals surface area contributed by atoms with E-state index >= 15 is 0 Å². The summed E-state index contributed by atoms with van der Waals surface area (Å²) in [7, 11) is -2.11. The van der Waals surface area contributed by atoms with E-state index in [1.165, 1.54) is 23.5 Å². The maximum atomic E-state index is 12.9. The highest BCUT2D eigenvalue weighted by Gasteiger charge is 2.32. The second-order valence-corrected chi connectivity index (χ2v) is 9.64. The van der Waals surface area contributed by atoms with Crippen LogP contribution in [-0.2, 0) is 14.8 Å². The number of anilines is 1. The fraction of sp³-hybridized carbons (Fsp3) is 0.286. The molecule has 1 aliphatic heterocycles. The van der Waals surface area contributed by atoms with Crippen molar-refractivity contribution in [3.8, 4) is 17.2 Å². The molecule has 1 N–H and O–H groups in total. The number of nitrogens with zero attached hydrogens (tertiary/aromatic N) is 3. The first-order chi connectivity index (χ1) is 15.4. The van der Waals surface area contributed by atoms with Gasteiger partial charge in [-0.15, -0.1) is 5.10 Å². The maximum absolute atomic E-state index is 12.9. The van der Waals surface area contributed by atoms with E-state index in [1.54, 1.807) is 36.4 Å². The quantitative estimate of drug-likeness (QED) is 0.579. The normalized spacial score (nSPS) is 15.4. The Morgan fingerprint density at radius 3 is 2.53 bits per heavy atom. The number of halogens is 1. The molecule has 0 radical (unpaired) electrons. The average molecular weight is 477 g/mol. The molecule has 0 atom stereocenters. The van der Waals surface area contributed by atoms with Gasteiger partial charge in [0.1, 0.15) is 5.75 Å². The maximum Gasteiger partial charge on any atom is 0.322 e. The van der Waals surface area contributed by atoms with Crippen molar-refractivity contribution >= 4 is 33.5 Å². The zero-order valence-electron chi connectivity index (χ0n) is 17.2. The van der Waals surface area contributed by atoms with Gasteiger partial charge in [0.05, 0.1) is 12.0 Å². The SMILES string of the molecule is COc1ccc(S(=O)(=O)N2CCC(C(=O)Nc3nnc(-c4cccc(Cl)c4)o3)CC2)cc1. The topological polar surface area (TPSA) is 115 Å². The Kier molecular flexibility index (Phi) is 6.45. The van der Waals surface area contributed by atoms with Crippen molar-refractivity contribution in [1.82, 2.24) is 14.5 Å². The van der Waals surface area contributed by atoms with Crippen LogP contribution < -0.4 is 10.1 Å². The van der Waals surface area contributed by atoms with E-state index in [2.05, 4.69) is 15.5 Å². The van der Waals surface area contributed by atoms with Crippen LogP contribution in [0.4, 0.5) is 6.01 Å². The highest BCUT2D eigenvalue weighted by Crippen LogP contribution is 2.27. The van der Waals surface area contributed by atoms with Crippen LogP contribution in [0.2, 0.25) is 5.02 Å². The summed E-state index contributed by atoms with van der Waals surface area (Å²) in [6.45, 7) is 0.480. The number of piperidine rings is 1. The minimum atomic E-state index is -3.63. The van der Waals surface area contributed by atoms with Crippen molar-refractivity contribution in [2.75, 3.05) is 25.5 Å². The zero-order chi connectivity index (χ0) is 22.7. The molecule has 32 heavy (non-hydrogen) atoms. The predicted molar refractivity (Wildman–Crippen MR) is 118 cm³/mol. The predicted octanol–water partition coefficient (Wildman–Crippen LogP) is 3.44. The van der Waals surface area contributed by atoms with Crippen molar-refractivity contribution in [2.24, 2.45) is 5.92 Å². The molecule has 1 aromatic heterocycles. The van der Waals surface area contributed by atoms with E-state index in [0.717, 1.165) is 0 Å². The monoisotopic (exact) mass is 476 g/mol. The largest absolute Gasteiger partial charge is 0.497 e. The molecule has 1 saturated heterocycles. The summed E-state index contributed by atoms with van der Waals surface area (Å²) < 4.78 is 37.7. The molecule has 0 bridgehead atoms. The van der Waals surface area contributed by atoms with Crippen LogP contribution in [0.5, 0.6) is 5.75 Å². The molecule has 168 valence electrons. The molecule has 0 spiro atoms. The van der Waals surface area contributed by atoms with E-state index in [-0.39, 0.29) is 41.7 Å². The van der Waals surface area contributed by atoms with Crippen molar-refractivity contribution < 1.29 is 22.4 Å². The third-order valence-electron chi connectivity index (χ3n) is 5.25. The van der Waals surface area contributed by atoms with Gasteiger partial charge < -0.3 is 9.15 Å². The minimum Gasteiger partial charge on any atom is -0.497 e. The number of rotatable bonds is 6. The first-order valence-corrected chi connectivity index (χ1v) is 11.7. The van der Waals surface area contributed by atoms with Gasteiger partial charge >= 0.3 is 6.01 Å². The molecule has 3 aromatic rings. The molecule has 4 rings (SSSR count). The lowest BCUT2D eigenvalue weighted by atomic mass is 9.97. The number of hydrogen-bond donors (Lipinski definition) is 1. The van der Waals surface area contributed by atoms with E-state index in [0.29, 0.717) is 29.2 Å². The van der Waals surface area contributed by atoms with E-state index in [1.807, 2.05) is 0 Å². The van der Waals surface area contributed by atoms with Gasteiger partial charge in [0.2, 0.25) is 21.8 Å². The third-order valence-corrected chi connectivity index (χ3v) is 7.40. The Hall–Kier alpha value is -2.95. The lowest BCUT2D eigenvalue weighted by Gasteiger charge is -2.30. The summed E-state index contributed by atoms with van der Waals surface area (Å²) in [5, 5.41) is 10.9. The molecule has 2 aromatic carbocycles. The van der Waals surface area contributed by atoms with Crippen molar-refractivity contribution in [3.63, 3.8) is 0 Å². The number of aromatic nitrogens is 2. The van der Waals surface area contributed by atoms with Crippen LogP contribution in [0.1, 0.15) is 12.8 Å². The number of methoxy groups -OCH3 is 1. The van der Waals surface area contributed by atoms with E-state index in [9.17, 15) is 13.2 Å². The van der Waals surface area contributed by atoms with Crippen LogP contribution in [0, 0.1) is 5.92 Å². The molecule has 0 unspecified atom stereocenters.